The lowest BCUT2D eigenvalue weighted by Gasteiger charge is -2.12. The van der Waals surface area contributed by atoms with Crippen LogP contribution in [0.15, 0.2) is 18.3 Å². The van der Waals surface area contributed by atoms with Crippen LogP contribution >= 0.6 is 0 Å². The second-order valence-corrected chi connectivity index (χ2v) is 5.41. The topological polar surface area (TPSA) is 62.2 Å². The summed E-state index contributed by atoms with van der Waals surface area (Å²) in [5.41, 5.74) is 0.891. The third-order valence-electron chi connectivity index (χ3n) is 2.28. The smallest absolute Gasteiger partial charge is 0.133 e. The Morgan fingerprint density at radius 2 is 2.31 bits per heavy atom. The summed E-state index contributed by atoms with van der Waals surface area (Å²) in [5.74, 6) is 0.898. The maximum absolute atomic E-state index is 10.9. The van der Waals surface area contributed by atoms with E-state index in [9.17, 15) is 4.21 Å². The second kappa shape index (κ2) is 6.60. The average molecular weight is 242 g/mol. The average Bonchev–Trinajstić information content (AvgIpc) is 2.25. The van der Waals surface area contributed by atoms with Crippen LogP contribution in [0.1, 0.15) is 19.0 Å². The number of hydrogen-bond donors (Lipinski definition) is 2. The molecule has 0 aromatic carbocycles. The maximum atomic E-state index is 10.9. The van der Waals surface area contributed by atoms with Gasteiger partial charge in [-0.05, 0) is 25.5 Å². The lowest BCUT2D eigenvalue weighted by Crippen LogP contribution is -2.27. The Morgan fingerprint density at radius 3 is 2.88 bits per heavy atom. The molecule has 0 saturated carbocycles. The molecular weight excluding hydrogens is 224 g/mol. The Kier molecular flexibility index (Phi) is 5.42. The van der Waals surface area contributed by atoms with Crippen LogP contribution in [0.3, 0.4) is 0 Å². The highest BCUT2D eigenvalue weighted by atomic mass is 32.2. The zero-order valence-corrected chi connectivity index (χ0v) is 10.5. The van der Waals surface area contributed by atoms with Crippen molar-refractivity contribution < 1.29 is 9.32 Å². The zero-order valence-electron chi connectivity index (χ0n) is 9.64. The molecule has 1 aromatic rings. The van der Waals surface area contributed by atoms with Crippen LogP contribution in [-0.2, 0) is 17.3 Å². The summed E-state index contributed by atoms with van der Waals surface area (Å²) >= 11 is 0. The molecule has 1 aromatic heterocycles. The van der Waals surface area contributed by atoms with Crippen LogP contribution < -0.4 is 5.32 Å². The van der Waals surface area contributed by atoms with Crippen LogP contribution in [0.25, 0.3) is 0 Å². The van der Waals surface area contributed by atoms with E-state index in [1.165, 1.54) is 6.20 Å². The Morgan fingerprint density at radius 1 is 1.56 bits per heavy atom. The van der Waals surface area contributed by atoms with Crippen molar-refractivity contribution in [1.29, 1.82) is 0 Å². The monoisotopic (exact) mass is 242 g/mol. The molecule has 5 heteroatoms. The number of aromatic hydroxyl groups is 1. The third-order valence-corrected chi connectivity index (χ3v) is 3.09. The third kappa shape index (κ3) is 5.23. The lowest BCUT2D eigenvalue weighted by molar-refractivity contribution is 0.471. The summed E-state index contributed by atoms with van der Waals surface area (Å²) in [6.45, 7) is 2.73. The largest absolute Gasteiger partial charge is 0.506 e. The van der Waals surface area contributed by atoms with E-state index in [0.29, 0.717) is 12.6 Å². The first kappa shape index (κ1) is 13.1. The summed E-state index contributed by atoms with van der Waals surface area (Å²) < 4.78 is 10.9. The number of nitrogens with one attached hydrogen (secondary N) is 1. The van der Waals surface area contributed by atoms with Crippen LogP contribution in [-0.4, -0.2) is 32.3 Å². The molecule has 0 aliphatic rings. The molecule has 0 fully saturated rings. The van der Waals surface area contributed by atoms with E-state index < -0.39 is 10.8 Å². The number of aromatic nitrogens is 1. The predicted molar refractivity (Wildman–Crippen MR) is 65.8 cm³/mol. The Bertz CT molecular complexity index is 340. The van der Waals surface area contributed by atoms with Crippen molar-refractivity contribution in [2.75, 3.05) is 12.0 Å². The van der Waals surface area contributed by atoms with Gasteiger partial charge < -0.3 is 10.4 Å². The van der Waals surface area contributed by atoms with Crippen molar-refractivity contribution in [2.45, 2.75) is 25.9 Å². The quantitative estimate of drug-likeness (QED) is 0.782. The van der Waals surface area contributed by atoms with E-state index in [2.05, 4.69) is 17.2 Å². The highest BCUT2D eigenvalue weighted by Crippen LogP contribution is 2.06. The van der Waals surface area contributed by atoms with Crippen molar-refractivity contribution in [3.63, 3.8) is 0 Å². The minimum atomic E-state index is -0.726. The Balaban J connectivity index is 2.28. The van der Waals surface area contributed by atoms with Crippen molar-refractivity contribution in [3.05, 3.63) is 24.0 Å². The van der Waals surface area contributed by atoms with E-state index in [1.54, 1.807) is 18.4 Å². The van der Waals surface area contributed by atoms with Crippen molar-refractivity contribution in [1.82, 2.24) is 10.3 Å². The molecule has 90 valence electrons. The summed E-state index contributed by atoms with van der Waals surface area (Å²) in [6.07, 6.45) is 4.04. The van der Waals surface area contributed by atoms with Gasteiger partial charge >= 0.3 is 0 Å². The molecule has 1 heterocycles. The molecule has 4 nitrogen and oxygen atoms in total. The molecule has 0 radical (unpaired) electrons. The van der Waals surface area contributed by atoms with E-state index in [0.717, 1.165) is 17.9 Å². The normalized spacial score (nSPS) is 14.6. The van der Waals surface area contributed by atoms with Crippen molar-refractivity contribution in [3.8, 4) is 5.75 Å². The highest BCUT2D eigenvalue weighted by Gasteiger charge is 2.03. The van der Waals surface area contributed by atoms with Crippen LogP contribution in [0.5, 0.6) is 5.75 Å². The van der Waals surface area contributed by atoms with Gasteiger partial charge in [0.1, 0.15) is 5.75 Å². The summed E-state index contributed by atoms with van der Waals surface area (Å²) in [5, 5.41) is 12.4. The molecule has 0 amide bonds. The Labute approximate surface area is 98.6 Å². The van der Waals surface area contributed by atoms with Gasteiger partial charge in [-0.1, -0.05) is 0 Å². The van der Waals surface area contributed by atoms with Crippen LogP contribution in [0, 0.1) is 0 Å². The molecule has 0 aliphatic carbocycles. The minimum Gasteiger partial charge on any atom is -0.506 e. The first-order valence-corrected chi connectivity index (χ1v) is 6.98. The molecule has 0 aliphatic heterocycles. The van der Waals surface area contributed by atoms with Crippen LogP contribution in [0.2, 0.25) is 0 Å². The van der Waals surface area contributed by atoms with Gasteiger partial charge in [-0.2, -0.15) is 0 Å². The van der Waals surface area contributed by atoms with Crippen LogP contribution in [0.4, 0.5) is 0 Å². The fourth-order valence-electron chi connectivity index (χ4n) is 1.24. The van der Waals surface area contributed by atoms with Gasteiger partial charge in [0.2, 0.25) is 0 Å². The molecule has 0 saturated heterocycles. The zero-order chi connectivity index (χ0) is 12.0. The molecule has 0 bridgehead atoms. The van der Waals surface area contributed by atoms with E-state index >= 15 is 0 Å². The summed E-state index contributed by atoms with van der Waals surface area (Å²) in [7, 11) is -0.726. The van der Waals surface area contributed by atoms with E-state index in [-0.39, 0.29) is 5.75 Å². The molecule has 1 rings (SSSR count). The molecule has 16 heavy (non-hydrogen) atoms. The first-order chi connectivity index (χ1) is 7.58. The predicted octanol–water partition coefficient (Wildman–Crippen LogP) is 1.03. The van der Waals surface area contributed by atoms with Gasteiger partial charge in [0.25, 0.3) is 0 Å². The minimum absolute atomic E-state index is 0.179. The second-order valence-electron chi connectivity index (χ2n) is 3.86. The van der Waals surface area contributed by atoms with E-state index in [1.807, 2.05) is 0 Å². The molecular formula is C11H18N2O2S. The van der Waals surface area contributed by atoms with Gasteiger partial charge in [-0.15, -0.1) is 0 Å². The lowest BCUT2D eigenvalue weighted by atomic mass is 10.2. The van der Waals surface area contributed by atoms with Gasteiger partial charge in [-0.25, -0.2) is 0 Å². The maximum Gasteiger partial charge on any atom is 0.133 e. The van der Waals surface area contributed by atoms with Crippen molar-refractivity contribution >= 4 is 10.8 Å². The molecule has 2 atom stereocenters. The fraction of sp³-hybridized carbons (Fsp3) is 0.545. The number of pyridine rings is 1. The fourth-order valence-corrected chi connectivity index (χ4v) is 1.93. The number of rotatable bonds is 6. The summed E-state index contributed by atoms with van der Waals surface area (Å²) in [6, 6.07) is 3.72. The highest BCUT2D eigenvalue weighted by molar-refractivity contribution is 7.84. The SMILES string of the molecule is CC(CCS(C)=O)NCc1ccc(O)cn1. The van der Waals surface area contributed by atoms with E-state index in [4.69, 9.17) is 5.11 Å². The molecule has 0 spiro atoms. The molecule has 2 N–H and O–H groups in total. The van der Waals surface area contributed by atoms with Gasteiger partial charge in [0.05, 0.1) is 11.9 Å². The number of hydrogen-bond acceptors (Lipinski definition) is 4. The van der Waals surface area contributed by atoms with Gasteiger partial charge in [-0.3, -0.25) is 9.19 Å². The van der Waals surface area contributed by atoms with Crippen molar-refractivity contribution in [2.24, 2.45) is 0 Å². The van der Waals surface area contributed by atoms with Gasteiger partial charge in [0, 0.05) is 35.4 Å². The number of nitrogens with zero attached hydrogens (tertiary/aromatic N) is 1. The standard InChI is InChI=1S/C11H18N2O2S/c1-9(5-6-16(2)15)12-7-10-3-4-11(14)8-13-10/h3-4,8-9,12,14H,5-7H2,1-2H3. The van der Waals surface area contributed by atoms with Gasteiger partial charge in [0.15, 0.2) is 0 Å². The Hall–Kier alpha value is -0.940. The molecule has 2 unspecified atom stereocenters. The first-order valence-electron chi connectivity index (χ1n) is 5.25. The summed E-state index contributed by atoms with van der Waals surface area (Å²) in [4.78, 5) is 4.07.